The highest BCUT2D eigenvalue weighted by molar-refractivity contribution is 5.95. The van der Waals surface area contributed by atoms with Crippen molar-refractivity contribution in [2.75, 3.05) is 13.2 Å². The van der Waals surface area contributed by atoms with Crippen molar-refractivity contribution in [1.29, 1.82) is 0 Å². The molecule has 5 heteroatoms. The second kappa shape index (κ2) is 8.25. The van der Waals surface area contributed by atoms with Gasteiger partial charge in [0.1, 0.15) is 11.3 Å². The second-order valence-corrected chi connectivity index (χ2v) is 7.04. The van der Waals surface area contributed by atoms with E-state index in [0.29, 0.717) is 19.2 Å². The molecule has 0 unspecified atom stereocenters. The third-order valence-electron chi connectivity index (χ3n) is 4.71. The molecule has 0 saturated carbocycles. The molecule has 2 aromatic heterocycles. The van der Waals surface area contributed by atoms with Crippen molar-refractivity contribution in [1.82, 2.24) is 14.9 Å². The number of hydrogen-bond donors (Lipinski definition) is 1. The first-order chi connectivity index (χ1) is 13.0. The van der Waals surface area contributed by atoms with Gasteiger partial charge < -0.3 is 14.6 Å². The Kier molecular flexibility index (Phi) is 5.79. The van der Waals surface area contributed by atoms with E-state index < -0.39 is 0 Å². The number of aromatic nitrogens is 2. The number of amides is 1. The van der Waals surface area contributed by atoms with Crippen LogP contribution in [0.15, 0.2) is 42.6 Å². The van der Waals surface area contributed by atoms with Crippen LogP contribution in [0.4, 0.5) is 0 Å². The molecule has 142 valence electrons. The van der Waals surface area contributed by atoms with Gasteiger partial charge in [0.2, 0.25) is 0 Å². The first-order valence-corrected chi connectivity index (χ1v) is 9.42. The van der Waals surface area contributed by atoms with Crippen molar-refractivity contribution in [3.8, 4) is 5.75 Å². The Bertz CT molecular complexity index is 939. The summed E-state index contributed by atoms with van der Waals surface area (Å²) < 4.78 is 8.05. The van der Waals surface area contributed by atoms with Gasteiger partial charge >= 0.3 is 0 Å². The normalized spacial score (nSPS) is 11.1. The Morgan fingerprint density at radius 3 is 2.74 bits per heavy atom. The molecule has 1 aromatic carbocycles. The molecule has 0 bridgehead atoms. The maximum absolute atomic E-state index is 12.5. The fraction of sp³-hybridized carbons (Fsp3) is 0.364. The van der Waals surface area contributed by atoms with Gasteiger partial charge in [0.15, 0.2) is 0 Å². The van der Waals surface area contributed by atoms with E-state index in [9.17, 15) is 4.79 Å². The summed E-state index contributed by atoms with van der Waals surface area (Å²) in [6.45, 7) is 9.39. The van der Waals surface area contributed by atoms with E-state index in [1.807, 2.05) is 50.2 Å². The number of para-hydroxylation sites is 1. The van der Waals surface area contributed by atoms with Crippen molar-refractivity contribution in [3.63, 3.8) is 0 Å². The highest BCUT2D eigenvalue weighted by Gasteiger charge is 2.16. The summed E-state index contributed by atoms with van der Waals surface area (Å²) in [4.78, 5) is 16.9. The number of carbonyl (C=O) groups excluding carboxylic acids is 1. The van der Waals surface area contributed by atoms with Crippen molar-refractivity contribution < 1.29 is 9.53 Å². The maximum atomic E-state index is 12.5. The van der Waals surface area contributed by atoms with Crippen LogP contribution in [0.3, 0.4) is 0 Å². The second-order valence-electron chi connectivity index (χ2n) is 7.04. The average molecular weight is 365 g/mol. The Hall–Kier alpha value is -2.82. The number of aryl methyl sites for hydroxylation is 1. The molecule has 0 aliphatic carbocycles. The van der Waals surface area contributed by atoms with Crippen LogP contribution in [0.5, 0.6) is 5.75 Å². The van der Waals surface area contributed by atoms with Crippen LogP contribution in [0.2, 0.25) is 0 Å². The van der Waals surface area contributed by atoms with E-state index in [2.05, 4.69) is 28.7 Å². The Morgan fingerprint density at radius 2 is 2.00 bits per heavy atom. The van der Waals surface area contributed by atoms with E-state index in [1.165, 1.54) is 0 Å². The molecule has 1 N–H and O–H groups in total. The van der Waals surface area contributed by atoms with Crippen LogP contribution >= 0.6 is 0 Å². The van der Waals surface area contributed by atoms with Gasteiger partial charge in [0.25, 0.3) is 5.91 Å². The first-order valence-electron chi connectivity index (χ1n) is 9.42. The van der Waals surface area contributed by atoms with Gasteiger partial charge in [0.05, 0.1) is 12.2 Å². The Balaban J connectivity index is 1.52. The van der Waals surface area contributed by atoms with E-state index in [-0.39, 0.29) is 5.91 Å². The van der Waals surface area contributed by atoms with E-state index >= 15 is 0 Å². The van der Waals surface area contributed by atoms with E-state index in [1.54, 1.807) is 6.20 Å². The molecule has 3 aromatic rings. The number of ether oxygens (including phenoxy) is 1. The fourth-order valence-corrected chi connectivity index (χ4v) is 3.55. The lowest BCUT2D eigenvalue weighted by Crippen LogP contribution is -2.26. The zero-order valence-corrected chi connectivity index (χ0v) is 16.5. The van der Waals surface area contributed by atoms with Gasteiger partial charge in [-0.1, -0.05) is 18.2 Å². The molecule has 3 rings (SSSR count). The number of nitrogens with zero attached hydrogens (tertiary/aromatic N) is 2. The molecule has 2 heterocycles. The minimum atomic E-state index is -0.0261. The van der Waals surface area contributed by atoms with Gasteiger partial charge in [-0.2, -0.15) is 0 Å². The van der Waals surface area contributed by atoms with Gasteiger partial charge in [-0.15, -0.1) is 0 Å². The molecular weight excluding hydrogens is 338 g/mol. The molecule has 0 aliphatic rings. The summed E-state index contributed by atoms with van der Waals surface area (Å²) in [5.41, 5.74) is 3.74. The van der Waals surface area contributed by atoms with Crippen LogP contribution in [-0.2, 0) is 0 Å². The molecule has 27 heavy (non-hydrogen) atoms. The van der Waals surface area contributed by atoms with Crippen molar-refractivity contribution >= 4 is 16.8 Å². The third kappa shape index (κ3) is 4.13. The Morgan fingerprint density at radius 1 is 1.22 bits per heavy atom. The summed E-state index contributed by atoms with van der Waals surface area (Å²) in [6, 6.07) is 12.1. The lowest BCUT2D eigenvalue weighted by molar-refractivity contribution is 0.0951. The van der Waals surface area contributed by atoms with Gasteiger partial charge in [-0.05, 0) is 52.3 Å². The fourth-order valence-electron chi connectivity index (χ4n) is 3.55. The largest absolute Gasteiger partial charge is 0.491 e. The number of rotatable bonds is 7. The lowest BCUT2D eigenvalue weighted by atomic mass is 10.2. The van der Waals surface area contributed by atoms with Crippen LogP contribution in [0.1, 0.15) is 48.1 Å². The zero-order valence-electron chi connectivity index (χ0n) is 16.5. The summed E-state index contributed by atoms with van der Waals surface area (Å²) in [6.07, 6.45) is 2.50. The predicted molar refractivity (Wildman–Crippen MR) is 108 cm³/mol. The number of benzene rings is 1. The molecule has 0 fully saturated rings. The molecule has 0 aliphatic heterocycles. The summed E-state index contributed by atoms with van der Waals surface area (Å²) in [5.74, 6) is 0.752. The van der Waals surface area contributed by atoms with Gasteiger partial charge in [-0.3, -0.25) is 9.78 Å². The minimum absolute atomic E-state index is 0.0261. The van der Waals surface area contributed by atoms with Crippen LogP contribution in [0, 0.1) is 13.8 Å². The van der Waals surface area contributed by atoms with Crippen molar-refractivity contribution in [2.45, 2.75) is 40.2 Å². The van der Waals surface area contributed by atoms with E-state index in [0.717, 1.165) is 40.0 Å². The number of hydrogen-bond acceptors (Lipinski definition) is 3. The average Bonchev–Trinajstić information content (AvgIpc) is 2.96. The van der Waals surface area contributed by atoms with Crippen molar-refractivity contribution in [3.05, 3.63) is 59.5 Å². The highest BCUT2D eigenvalue weighted by atomic mass is 16.5. The van der Waals surface area contributed by atoms with Gasteiger partial charge in [0, 0.05) is 35.6 Å². The van der Waals surface area contributed by atoms with E-state index in [4.69, 9.17) is 4.74 Å². The van der Waals surface area contributed by atoms with Crippen LogP contribution in [-0.4, -0.2) is 28.6 Å². The molecule has 0 spiro atoms. The molecule has 0 atom stereocenters. The molecule has 5 nitrogen and oxygen atoms in total. The van der Waals surface area contributed by atoms with Crippen LogP contribution < -0.4 is 10.1 Å². The summed E-state index contributed by atoms with van der Waals surface area (Å²) >= 11 is 0. The minimum Gasteiger partial charge on any atom is -0.491 e. The topological polar surface area (TPSA) is 56.1 Å². The smallest absolute Gasteiger partial charge is 0.253 e. The van der Waals surface area contributed by atoms with Crippen LogP contribution in [0.25, 0.3) is 10.9 Å². The number of pyridine rings is 1. The molecule has 1 amide bonds. The SMILES string of the molecule is Cc1cc(C(=O)NCCCOc2cccc3cccnc23)c(C)n1C(C)C. The monoisotopic (exact) mass is 365 g/mol. The lowest BCUT2D eigenvalue weighted by Gasteiger charge is -2.13. The number of carbonyl (C=O) groups is 1. The van der Waals surface area contributed by atoms with Crippen molar-refractivity contribution in [2.24, 2.45) is 0 Å². The number of fused-ring (bicyclic) bond motifs is 1. The standard InChI is InChI=1S/C22H27N3O2/c1-15(2)25-16(3)14-19(17(25)4)22(26)24-12-7-13-27-20-10-5-8-18-9-6-11-23-21(18)20/h5-6,8-11,14-15H,7,12-13H2,1-4H3,(H,24,26). The first kappa shape index (κ1) is 19.0. The molecule has 0 saturated heterocycles. The maximum Gasteiger partial charge on any atom is 0.253 e. The molecule has 0 radical (unpaired) electrons. The highest BCUT2D eigenvalue weighted by Crippen LogP contribution is 2.23. The summed E-state index contributed by atoms with van der Waals surface area (Å²) in [5, 5.41) is 4.05. The third-order valence-corrected chi connectivity index (χ3v) is 4.71. The molecular formula is C22H27N3O2. The predicted octanol–water partition coefficient (Wildman–Crippen LogP) is 4.43. The quantitative estimate of drug-likeness (QED) is 0.630. The zero-order chi connectivity index (χ0) is 19.4. The Labute approximate surface area is 160 Å². The number of nitrogens with one attached hydrogen (secondary N) is 1. The van der Waals surface area contributed by atoms with Gasteiger partial charge in [-0.25, -0.2) is 0 Å². The summed E-state index contributed by atoms with van der Waals surface area (Å²) in [7, 11) is 0.